The third-order valence-electron chi connectivity index (χ3n) is 5.84. The standard InChI is InChI=1S/C21H28N4O/c26-21(7-3-11-25-12-4-10-22-25)24-15-13-23(14-16-24)20-9-8-18-5-1-2-6-19(18)17-20/h1-2,4-6,10,12,20H,3,7-9,11,13-17H2/t20-/m1/s1. The number of nitrogens with zero attached hydrogens (tertiary/aromatic N) is 4. The topological polar surface area (TPSA) is 41.4 Å². The second-order valence-electron chi connectivity index (χ2n) is 7.45. The predicted octanol–water partition coefficient (Wildman–Crippen LogP) is 2.37. The van der Waals surface area contributed by atoms with Crippen molar-refractivity contribution >= 4 is 5.91 Å². The van der Waals surface area contributed by atoms with Gasteiger partial charge in [0.1, 0.15) is 0 Å². The molecule has 1 aromatic heterocycles. The number of fused-ring (bicyclic) bond motifs is 1. The molecule has 1 aliphatic carbocycles. The van der Waals surface area contributed by atoms with Gasteiger partial charge in [0, 0.05) is 57.6 Å². The first-order valence-corrected chi connectivity index (χ1v) is 9.85. The van der Waals surface area contributed by atoms with Crippen LogP contribution in [0.5, 0.6) is 0 Å². The molecular weight excluding hydrogens is 324 g/mol. The Hall–Kier alpha value is -2.14. The average Bonchev–Trinajstić information content (AvgIpc) is 3.21. The zero-order chi connectivity index (χ0) is 17.8. The Morgan fingerprint density at radius 3 is 2.65 bits per heavy atom. The minimum atomic E-state index is 0.297. The van der Waals surface area contributed by atoms with E-state index in [1.54, 1.807) is 6.20 Å². The molecule has 1 fully saturated rings. The summed E-state index contributed by atoms with van der Waals surface area (Å²) in [6.07, 6.45) is 8.81. The molecule has 2 heterocycles. The van der Waals surface area contributed by atoms with Crippen LogP contribution in [-0.4, -0.2) is 57.7 Å². The fourth-order valence-corrected chi connectivity index (χ4v) is 4.31. The van der Waals surface area contributed by atoms with Gasteiger partial charge in [0.05, 0.1) is 0 Å². The quantitative estimate of drug-likeness (QED) is 0.830. The normalized spacial score (nSPS) is 20.8. The molecule has 1 aliphatic heterocycles. The molecule has 5 heteroatoms. The van der Waals surface area contributed by atoms with E-state index in [0.717, 1.165) is 45.6 Å². The number of rotatable bonds is 5. The van der Waals surface area contributed by atoms with Gasteiger partial charge in [-0.2, -0.15) is 5.10 Å². The fraction of sp³-hybridized carbons (Fsp3) is 0.524. The molecule has 1 amide bonds. The molecule has 1 saturated heterocycles. The molecule has 138 valence electrons. The number of aromatic nitrogens is 2. The highest BCUT2D eigenvalue weighted by Crippen LogP contribution is 2.25. The lowest BCUT2D eigenvalue weighted by Crippen LogP contribution is -2.53. The van der Waals surface area contributed by atoms with E-state index < -0.39 is 0 Å². The van der Waals surface area contributed by atoms with Crippen molar-refractivity contribution in [3.63, 3.8) is 0 Å². The van der Waals surface area contributed by atoms with E-state index in [9.17, 15) is 4.79 Å². The van der Waals surface area contributed by atoms with Crippen molar-refractivity contribution in [2.75, 3.05) is 26.2 Å². The molecule has 1 aromatic carbocycles. The summed E-state index contributed by atoms with van der Waals surface area (Å²) >= 11 is 0. The van der Waals surface area contributed by atoms with Crippen LogP contribution in [0.3, 0.4) is 0 Å². The maximum atomic E-state index is 12.5. The summed E-state index contributed by atoms with van der Waals surface area (Å²) in [6, 6.07) is 11.4. The van der Waals surface area contributed by atoms with E-state index in [0.29, 0.717) is 18.4 Å². The van der Waals surface area contributed by atoms with Gasteiger partial charge in [-0.05, 0) is 42.9 Å². The van der Waals surface area contributed by atoms with Crippen LogP contribution in [0.1, 0.15) is 30.4 Å². The molecule has 1 atom stereocenters. The van der Waals surface area contributed by atoms with E-state index in [-0.39, 0.29) is 0 Å². The van der Waals surface area contributed by atoms with Crippen molar-refractivity contribution in [2.24, 2.45) is 0 Å². The van der Waals surface area contributed by atoms with Crippen molar-refractivity contribution < 1.29 is 4.79 Å². The first kappa shape index (κ1) is 17.3. The Balaban J connectivity index is 1.22. The van der Waals surface area contributed by atoms with Crippen LogP contribution in [0.4, 0.5) is 0 Å². The van der Waals surface area contributed by atoms with Crippen LogP contribution in [0.25, 0.3) is 0 Å². The zero-order valence-corrected chi connectivity index (χ0v) is 15.4. The van der Waals surface area contributed by atoms with Crippen LogP contribution in [0.2, 0.25) is 0 Å². The van der Waals surface area contributed by atoms with Gasteiger partial charge in [0.2, 0.25) is 5.91 Å². The number of hydrogen-bond donors (Lipinski definition) is 0. The molecule has 0 bridgehead atoms. The second kappa shape index (κ2) is 8.04. The van der Waals surface area contributed by atoms with Gasteiger partial charge < -0.3 is 4.90 Å². The van der Waals surface area contributed by atoms with Crippen molar-refractivity contribution in [3.8, 4) is 0 Å². The molecule has 0 unspecified atom stereocenters. The Labute approximate surface area is 155 Å². The highest BCUT2D eigenvalue weighted by atomic mass is 16.2. The minimum Gasteiger partial charge on any atom is -0.340 e. The summed E-state index contributed by atoms with van der Waals surface area (Å²) in [7, 11) is 0. The second-order valence-corrected chi connectivity index (χ2v) is 7.45. The van der Waals surface area contributed by atoms with Crippen LogP contribution in [-0.2, 0) is 24.2 Å². The van der Waals surface area contributed by atoms with Gasteiger partial charge in [-0.25, -0.2) is 0 Å². The van der Waals surface area contributed by atoms with E-state index in [1.165, 1.54) is 24.0 Å². The third-order valence-corrected chi connectivity index (χ3v) is 5.84. The lowest BCUT2D eigenvalue weighted by atomic mass is 9.87. The molecule has 2 aromatic rings. The van der Waals surface area contributed by atoms with E-state index >= 15 is 0 Å². The first-order valence-electron chi connectivity index (χ1n) is 9.85. The van der Waals surface area contributed by atoms with Gasteiger partial charge in [0.15, 0.2) is 0 Å². The smallest absolute Gasteiger partial charge is 0.222 e. The molecule has 2 aliphatic rings. The summed E-state index contributed by atoms with van der Waals surface area (Å²) in [5.74, 6) is 0.297. The van der Waals surface area contributed by atoms with Crippen LogP contribution >= 0.6 is 0 Å². The van der Waals surface area contributed by atoms with E-state index in [4.69, 9.17) is 0 Å². The summed E-state index contributed by atoms with van der Waals surface area (Å²) in [5.41, 5.74) is 3.04. The summed E-state index contributed by atoms with van der Waals surface area (Å²) in [5, 5.41) is 4.19. The number of carbonyl (C=O) groups is 1. The number of hydrogen-bond acceptors (Lipinski definition) is 3. The highest BCUT2D eigenvalue weighted by molar-refractivity contribution is 5.76. The SMILES string of the molecule is O=C(CCCn1cccn1)N1CCN([C@@H]2CCc3ccccc3C2)CC1. The molecule has 5 nitrogen and oxygen atoms in total. The van der Waals surface area contributed by atoms with Crippen LogP contribution in [0.15, 0.2) is 42.7 Å². The predicted molar refractivity (Wildman–Crippen MR) is 102 cm³/mol. The minimum absolute atomic E-state index is 0.297. The molecule has 0 spiro atoms. The largest absolute Gasteiger partial charge is 0.340 e. The maximum Gasteiger partial charge on any atom is 0.222 e. The summed E-state index contributed by atoms with van der Waals surface area (Å²) in [4.78, 5) is 17.1. The first-order chi connectivity index (χ1) is 12.8. The van der Waals surface area contributed by atoms with Crippen molar-refractivity contribution in [2.45, 2.75) is 44.7 Å². The molecule has 0 saturated carbocycles. The monoisotopic (exact) mass is 352 g/mol. The molecule has 0 radical (unpaired) electrons. The van der Waals surface area contributed by atoms with Crippen LogP contribution in [0, 0.1) is 0 Å². The Morgan fingerprint density at radius 1 is 1.08 bits per heavy atom. The van der Waals surface area contributed by atoms with Gasteiger partial charge in [0.25, 0.3) is 0 Å². The molecule has 26 heavy (non-hydrogen) atoms. The van der Waals surface area contributed by atoms with Crippen molar-refractivity contribution in [3.05, 3.63) is 53.9 Å². The van der Waals surface area contributed by atoms with Crippen molar-refractivity contribution in [1.82, 2.24) is 19.6 Å². The number of amides is 1. The van der Waals surface area contributed by atoms with Gasteiger partial charge in [-0.1, -0.05) is 24.3 Å². The molecular formula is C21H28N4O. The Bertz CT molecular complexity index is 719. The zero-order valence-electron chi connectivity index (χ0n) is 15.4. The summed E-state index contributed by atoms with van der Waals surface area (Å²) < 4.78 is 1.89. The number of aryl methyl sites for hydroxylation is 2. The van der Waals surface area contributed by atoms with E-state index in [1.807, 2.05) is 16.9 Å². The van der Waals surface area contributed by atoms with Gasteiger partial charge in [-0.3, -0.25) is 14.4 Å². The average molecular weight is 352 g/mol. The Morgan fingerprint density at radius 2 is 1.88 bits per heavy atom. The number of piperazine rings is 1. The number of carbonyl (C=O) groups excluding carboxylic acids is 1. The van der Waals surface area contributed by atoms with Crippen molar-refractivity contribution in [1.29, 1.82) is 0 Å². The highest BCUT2D eigenvalue weighted by Gasteiger charge is 2.28. The van der Waals surface area contributed by atoms with E-state index in [2.05, 4.69) is 39.2 Å². The molecule has 4 rings (SSSR count). The lowest BCUT2D eigenvalue weighted by Gasteiger charge is -2.41. The summed E-state index contributed by atoms with van der Waals surface area (Å²) in [6.45, 7) is 4.59. The Kier molecular flexibility index (Phi) is 5.34. The van der Waals surface area contributed by atoms with Gasteiger partial charge in [-0.15, -0.1) is 0 Å². The van der Waals surface area contributed by atoms with Gasteiger partial charge >= 0.3 is 0 Å². The molecule has 0 N–H and O–H groups in total. The number of benzene rings is 1. The maximum absolute atomic E-state index is 12.5. The third kappa shape index (κ3) is 3.98. The fourth-order valence-electron chi connectivity index (χ4n) is 4.31. The van der Waals surface area contributed by atoms with Crippen LogP contribution < -0.4 is 0 Å². The lowest BCUT2D eigenvalue weighted by molar-refractivity contribution is -0.133.